The number of hydrogen-bond acceptors (Lipinski definition) is 4. The van der Waals surface area contributed by atoms with Crippen molar-refractivity contribution in [2.24, 2.45) is 5.92 Å². The lowest BCUT2D eigenvalue weighted by molar-refractivity contribution is -0.384. The van der Waals surface area contributed by atoms with Crippen molar-refractivity contribution in [3.05, 3.63) is 39.7 Å². The maximum atomic E-state index is 11.0. The summed E-state index contributed by atoms with van der Waals surface area (Å²) in [5.41, 5.74) is 1.55. The number of nitrogens with zero attached hydrogens (tertiary/aromatic N) is 4. The van der Waals surface area contributed by atoms with Gasteiger partial charge in [-0.1, -0.05) is 13.8 Å². The summed E-state index contributed by atoms with van der Waals surface area (Å²) in [5.74, 6) is 1.94. The van der Waals surface area contributed by atoms with Crippen molar-refractivity contribution in [2.75, 3.05) is 0 Å². The smallest absolute Gasteiger partial charge is 0.270 e. The molecule has 112 valence electrons. The Morgan fingerprint density at radius 3 is 2.62 bits per heavy atom. The molecule has 0 saturated heterocycles. The highest BCUT2D eigenvalue weighted by atomic mass is 35.5. The average molecular weight is 309 g/mol. The molecule has 0 aliphatic rings. The number of benzene rings is 1. The molecule has 2 rings (SSSR count). The third-order valence-corrected chi connectivity index (χ3v) is 3.26. The summed E-state index contributed by atoms with van der Waals surface area (Å²) in [4.78, 5) is 10.6. The minimum atomic E-state index is -0.401. The molecule has 0 bridgehead atoms. The largest absolute Gasteiger partial charge is 0.310 e. The quantitative estimate of drug-likeness (QED) is 0.481. The summed E-state index contributed by atoms with van der Waals surface area (Å²) in [5, 5.41) is 19.2. The number of hydrogen-bond donors (Lipinski definition) is 0. The lowest BCUT2D eigenvalue weighted by atomic mass is 10.1. The van der Waals surface area contributed by atoms with Gasteiger partial charge >= 0.3 is 0 Å². The number of aryl methyl sites for hydroxylation is 1. The van der Waals surface area contributed by atoms with E-state index >= 15 is 0 Å². The molecule has 0 aliphatic carbocycles. The van der Waals surface area contributed by atoms with Crippen molar-refractivity contribution in [1.82, 2.24) is 14.8 Å². The topological polar surface area (TPSA) is 73.8 Å². The molecule has 6 nitrogen and oxygen atoms in total. The van der Waals surface area contributed by atoms with E-state index in [0.717, 1.165) is 5.56 Å². The number of halogens is 1. The third-order valence-electron chi connectivity index (χ3n) is 3.03. The van der Waals surface area contributed by atoms with Crippen LogP contribution >= 0.6 is 11.6 Å². The Bertz CT molecular complexity index is 667. The zero-order valence-corrected chi connectivity index (χ0v) is 13.0. The zero-order valence-electron chi connectivity index (χ0n) is 12.2. The van der Waals surface area contributed by atoms with Crippen LogP contribution in [0.15, 0.2) is 18.2 Å². The van der Waals surface area contributed by atoms with Gasteiger partial charge in [-0.15, -0.1) is 21.8 Å². The fraction of sp³-hybridized carbons (Fsp3) is 0.429. The maximum Gasteiger partial charge on any atom is 0.270 e. The van der Waals surface area contributed by atoms with Crippen LogP contribution in [0.4, 0.5) is 5.69 Å². The first-order valence-corrected chi connectivity index (χ1v) is 7.20. The minimum absolute atomic E-state index is 0.0523. The van der Waals surface area contributed by atoms with Gasteiger partial charge in [0.1, 0.15) is 5.82 Å². The van der Waals surface area contributed by atoms with Gasteiger partial charge in [-0.25, -0.2) is 0 Å². The standard InChI is InChI=1S/C14H17ClN4O2/c1-9(2)8-18-13(7-15)16-17-14(18)11-4-10(3)5-12(6-11)19(20)21/h4-6,9H,7-8H2,1-3H3. The van der Waals surface area contributed by atoms with E-state index in [4.69, 9.17) is 11.6 Å². The number of rotatable bonds is 5. The molecular formula is C14H17ClN4O2. The Labute approximate surface area is 127 Å². The molecule has 0 radical (unpaired) electrons. The first kappa shape index (κ1) is 15.4. The fourth-order valence-electron chi connectivity index (χ4n) is 2.20. The first-order chi connectivity index (χ1) is 9.92. The second-order valence-electron chi connectivity index (χ2n) is 5.39. The van der Waals surface area contributed by atoms with Gasteiger partial charge in [-0.05, 0) is 24.5 Å². The van der Waals surface area contributed by atoms with Crippen molar-refractivity contribution < 1.29 is 4.92 Å². The highest BCUT2D eigenvalue weighted by molar-refractivity contribution is 6.16. The van der Waals surface area contributed by atoms with Gasteiger partial charge in [0.15, 0.2) is 5.82 Å². The molecule has 1 heterocycles. The van der Waals surface area contributed by atoms with Crippen LogP contribution in [-0.2, 0) is 12.4 Å². The number of non-ortho nitro benzene ring substituents is 1. The summed E-state index contributed by atoms with van der Waals surface area (Å²) in [7, 11) is 0. The van der Waals surface area contributed by atoms with Gasteiger partial charge in [0.25, 0.3) is 5.69 Å². The van der Waals surface area contributed by atoms with Crippen LogP contribution in [0.25, 0.3) is 11.4 Å². The Morgan fingerprint density at radius 2 is 2.05 bits per heavy atom. The normalized spacial score (nSPS) is 11.1. The van der Waals surface area contributed by atoms with Crippen LogP contribution in [0.1, 0.15) is 25.2 Å². The summed E-state index contributed by atoms with van der Waals surface area (Å²) in [6.07, 6.45) is 0. The maximum absolute atomic E-state index is 11.0. The Balaban J connectivity index is 2.56. The summed E-state index contributed by atoms with van der Waals surface area (Å²) < 4.78 is 1.93. The van der Waals surface area contributed by atoms with Crippen LogP contribution < -0.4 is 0 Å². The molecular weight excluding hydrogens is 292 g/mol. The molecule has 0 spiro atoms. The lowest BCUT2D eigenvalue weighted by Crippen LogP contribution is -2.09. The van der Waals surface area contributed by atoms with Crippen LogP contribution in [-0.4, -0.2) is 19.7 Å². The average Bonchev–Trinajstić information content (AvgIpc) is 2.80. The van der Waals surface area contributed by atoms with Crippen molar-refractivity contribution in [3.8, 4) is 11.4 Å². The Kier molecular flexibility index (Phi) is 4.57. The van der Waals surface area contributed by atoms with Gasteiger partial charge in [0.2, 0.25) is 0 Å². The van der Waals surface area contributed by atoms with E-state index in [1.54, 1.807) is 0 Å². The molecule has 0 atom stereocenters. The summed E-state index contributed by atoms with van der Waals surface area (Å²) in [6.45, 7) is 6.70. The summed E-state index contributed by atoms with van der Waals surface area (Å²) in [6, 6.07) is 4.92. The predicted octanol–water partition coefficient (Wildman–Crippen LogP) is 3.56. The van der Waals surface area contributed by atoms with E-state index in [-0.39, 0.29) is 11.6 Å². The first-order valence-electron chi connectivity index (χ1n) is 6.67. The van der Waals surface area contributed by atoms with Gasteiger partial charge in [0.05, 0.1) is 10.8 Å². The highest BCUT2D eigenvalue weighted by Gasteiger charge is 2.17. The molecule has 0 unspecified atom stereocenters. The molecule has 0 amide bonds. The van der Waals surface area contributed by atoms with E-state index in [1.165, 1.54) is 12.1 Å². The SMILES string of the molecule is Cc1cc(-c2nnc(CCl)n2CC(C)C)cc([N+](=O)[O-])c1. The monoisotopic (exact) mass is 308 g/mol. The van der Waals surface area contributed by atoms with Crippen molar-refractivity contribution in [3.63, 3.8) is 0 Å². The van der Waals surface area contributed by atoms with E-state index < -0.39 is 4.92 Å². The molecule has 1 aromatic carbocycles. The molecule has 0 aliphatic heterocycles. The lowest BCUT2D eigenvalue weighted by Gasteiger charge is -2.12. The molecule has 7 heteroatoms. The van der Waals surface area contributed by atoms with Crippen molar-refractivity contribution in [2.45, 2.75) is 33.2 Å². The second kappa shape index (κ2) is 6.22. The Morgan fingerprint density at radius 1 is 1.33 bits per heavy atom. The molecule has 21 heavy (non-hydrogen) atoms. The molecule has 0 N–H and O–H groups in total. The van der Waals surface area contributed by atoms with Gasteiger partial charge in [0, 0.05) is 24.2 Å². The molecule has 0 fully saturated rings. The second-order valence-corrected chi connectivity index (χ2v) is 5.66. The molecule has 2 aromatic rings. The molecule has 1 aromatic heterocycles. The van der Waals surface area contributed by atoms with Crippen molar-refractivity contribution in [1.29, 1.82) is 0 Å². The predicted molar refractivity (Wildman–Crippen MR) is 81.2 cm³/mol. The number of alkyl halides is 1. The zero-order chi connectivity index (χ0) is 15.6. The highest BCUT2D eigenvalue weighted by Crippen LogP contribution is 2.26. The molecule has 0 saturated carbocycles. The summed E-state index contributed by atoms with van der Waals surface area (Å²) >= 11 is 5.90. The van der Waals surface area contributed by atoms with Gasteiger partial charge in [-0.3, -0.25) is 10.1 Å². The van der Waals surface area contributed by atoms with Gasteiger partial charge in [-0.2, -0.15) is 0 Å². The Hall–Kier alpha value is -1.95. The van der Waals surface area contributed by atoms with Crippen LogP contribution in [0, 0.1) is 23.0 Å². The van der Waals surface area contributed by atoms with E-state index in [9.17, 15) is 10.1 Å². The number of aromatic nitrogens is 3. The van der Waals surface area contributed by atoms with E-state index in [2.05, 4.69) is 24.0 Å². The van der Waals surface area contributed by atoms with Crippen LogP contribution in [0.3, 0.4) is 0 Å². The van der Waals surface area contributed by atoms with Gasteiger partial charge < -0.3 is 4.57 Å². The third kappa shape index (κ3) is 3.39. The minimum Gasteiger partial charge on any atom is -0.310 e. The number of nitro benzene ring substituents is 1. The van der Waals surface area contributed by atoms with E-state index in [1.807, 2.05) is 17.6 Å². The van der Waals surface area contributed by atoms with E-state index in [0.29, 0.717) is 29.7 Å². The fourth-order valence-corrected chi connectivity index (χ4v) is 2.40. The van der Waals surface area contributed by atoms with Crippen LogP contribution in [0.2, 0.25) is 0 Å². The van der Waals surface area contributed by atoms with Crippen LogP contribution in [0.5, 0.6) is 0 Å². The number of nitro groups is 1. The van der Waals surface area contributed by atoms with Crippen molar-refractivity contribution >= 4 is 17.3 Å².